The van der Waals surface area contributed by atoms with E-state index in [1.807, 2.05) is 37.3 Å². The van der Waals surface area contributed by atoms with Crippen LogP contribution >= 0.6 is 0 Å². The lowest BCUT2D eigenvalue weighted by Gasteiger charge is -2.14. The smallest absolute Gasteiger partial charge is 0.253 e. The molecule has 0 radical (unpaired) electrons. The van der Waals surface area contributed by atoms with Gasteiger partial charge in [-0.05, 0) is 36.1 Å². The first-order valence-electron chi connectivity index (χ1n) is 6.76. The number of nitrogens with zero attached hydrogens (tertiary/aromatic N) is 1. The molecule has 1 aromatic carbocycles. The Morgan fingerprint density at radius 3 is 2.75 bits per heavy atom. The van der Waals surface area contributed by atoms with Crippen LogP contribution in [0.5, 0.6) is 0 Å². The molecule has 2 N–H and O–H groups in total. The first kappa shape index (κ1) is 12.9. The lowest BCUT2D eigenvalue weighted by atomic mass is 10.0. The topological polar surface area (TPSA) is 67.0 Å². The minimum Gasteiger partial charge on any atom is -0.368 e. The maximum Gasteiger partial charge on any atom is 0.253 e. The fourth-order valence-electron chi connectivity index (χ4n) is 2.39. The van der Waals surface area contributed by atoms with Crippen molar-refractivity contribution in [3.63, 3.8) is 0 Å². The van der Waals surface area contributed by atoms with Gasteiger partial charge >= 0.3 is 0 Å². The first-order chi connectivity index (χ1) is 9.74. The van der Waals surface area contributed by atoms with Crippen molar-refractivity contribution in [3.05, 3.63) is 36.5 Å². The SMILES string of the molecule is CC1CCOC1C(=O)Nc1ccc(-c2ccn[nH]2)cc1. The summed E-state index contributed by atoms with van der Waals surface area (Å²) in [5.41, 5.74) is 2.77. The molecular weight excluding hydrogens is 254 g/mol. The van der Waals surface area contributed by atoms with E-state index in [-0.39, 0.29) is 17.9 Å². The maximum atomic E-state index is 12.1. The van der Waals surface area contributed by atoms with Gasteiger partial charge in [-0.3, -0.25) is 9.89 Å². The Kier molecular flexibility index (Phi) is 3.52. The lowest BCUT2D eigenvalue weighted by molar-refractivity contribution is -0.126. The normalized spacial score (nSPS) is 21.9. The average Bonchev–Trinajstić information content (AvgIpc) is 3.10. The zero-order valence-corrected chi connectivity index (χ0v) is 11.3. The highest BCUT2D eigenvalue weighted by molar-refractivity contribution is 5.94. The molecule has 1 aromatic heterocycles. The Morgan fingerprint density at radius 2 is 2.15 bits per heavy atom. The van der Waals surface area contributed by atoms with Gasteiger partial charge in [0.1, 0.15) is 6.10 Å². The molecule has 2 atom stereocenters. The molecule has 104 valence electrons. The van der Waals surface area contributed by atoms with E-state index < -0.39 is 0 Å². The zero-order chi connectivity index (χ0) is 13.9. The molecule has 1 aliphatic rings. The van der Waals surface area contributed by atoms with E-state index in [0.29, 0.717) is 6.61 Å². The highest BCUT2D eigenvalue weighted by Gasteiger charge is 2.30. The summed E-state index contributed by atoms with van der Waals surface area (Å²) in [6.45, 7) is 2.70. The van der Waals surface area contributed by atoms with Gasteiger partial charge in [-0.15, -0.1) is 0 Å². The van der Waals surface area contributed by atoms with Crippen LogP contribution in [0.25, 0.3) is 11.3 Å². The summed E-state index contributed by atoms with van der Waals surface area (Å²) in [5, 5.41) is 9.72. The van der Waals surface area contributed by atoms with Gasteiger partial charge in [-0.25, -0.2) is 0 Å². The number of H-pyrrole nitrogens is 1. The Bertz CT molecular complexity index is 578. The standard InChI is InChI=1S/C15H17N3O2/c1-10-7-9-20-14(10)15(19)17-12-4-2-11(3-5-12)13-6-8-16-18-13/h2-6,8,10,14H,7,9H2,1H3,(H,16,18)(H,17,19). The number of carbonyl (C=O) groups is 1. The Labute approximate surface area is 117 Å². The lowest BCUT2D eigenvalue weighted by Crippen LogP contribution is -2.31. The number of benzene rings is 1. The third-order valence-corrected chi connectivity index (χ3v) is 3.61. The molecule has 0 bridgehead atoms. The van der Waals surface area contributed by atoms with E-state index in [2.05, 4.69) is 15.5 Å². The van der Waals surface area contributed by atoms with Crippen molar-refractivity contribution in [3.8, 4) is 11.3 Å². The molecular formula is C15H17N3O2. The van der Waals surface area contributed by atoms with Crippen LogP contribution in [0, 0.1) is 5.92 Å². The van der Waals surface area contributed by atoms with Crippen molar-refractivity contribution in [2.75, 3.05) is 11.9 Å². The second kappa shape index (κ2) is 5.46. The molecule has 1 fully saturated rings. The van der Waals surface area contributed by atoms with Crippen LogP contribution in [0.3, 0.4) is 0 Å². The van der Waals surface area contributed by atoms with Crippen molar-refractivity contribution in [1.29, 1.82) is 0 Å². The molecule has 2 heterocycles. The number of rotatable bonds is 3. The van der Waals surface area contributed by atoms with E-state index in [1.165, 1.54) is 0 Å². The van der Waals surface area contributed by atoms with Gasteiger partial charge in [0, 0.05) is 18.5 Å². The van der Waals surface area contributed by atoms with E-state index in [0.717, 1.165) is 23.4 Å². The molecule has 1 amide bonds. The highest BCUT2D eigenvalue weighted by atomic mass is 16.5. The van der Waals surface area contributed by atoms with Crippen LogP contribution in [-0.4, -0.2) is 28.8 Å². The summed E-state index contributed by atoms with van der Waals surface area (Å²) in [5.74, 6) is 0.212. The van der Waals surface area contributed by atoms with Crippen molar-refractivity contribution in [2.24, 2.45) is 5.92 Å². The molecule has 0 saturated carbocycles. The van der Waals surface area contributed by atoms with Crippen LogP contribution in [0.15, 0.2) is 36.5 Å². The van der Waals surface area contributed by atoms with Gasteiger partial charge in [0.05, 0.1) is 5.69 Å². The number of aromatic nitrogens is 2. The summed E-state index contributed by atoms with van der Waals surface area (Å²) in [6, 6.07) is 9.56. The molecule has 0 aliphatic carbocycles. The fourth-order valence-corrected chi connectivity index (χ4v) is 2.39. The van der Waals surface area contributed by atoms with E-state index in [1.54, 1.807) is 6.20 Å². The largest absolute Gasteiger partial charge is 0.368 e. The van der Waals surface area contributed by atoms with Crippen LogP contribution in [0.4, 0.5) is 5.69 Å². The Balaban J connectivity index is 1.68. The van der Waals surface area contributed by atoms with Crippen LogP contribution < -0.4 is 5.32 Å². The van der Waals surface area contributed by atoms with Gasteiger partial charge in [-0.1, -0.05) is 19.1 Å². The summed E-state index contributed by atoms with van der Waals surface area (Å²) in [6.07, 6.45) is 2.32. The number of nitrogens with one attached hydrogen (secondary N) is 2. The highest BCUT2D eigenvalue weighted by Crippen LogP contribution is 2.23. The van der Waals surface area contributed by atoms with Crippen molar-refractivity contribution >= 4 is 11.6 Å². The molecule has 5 nitrogen and oxygen atoms in total. The molecule has 3 rings (SSSR count). The third-order valence-electron chi connectivity index (χ3n) is 3.61. The third kappa shape index (κ3) is 2.58. The van der Waals surface area contributed by atoms with Gasteiger partial charge in [-0.2, -0.15) is 5.10 Å². The van der Waals surface area contributed by atoms with E-state index in [4.69, 9.17) is 4.74 Å². The molecule has 5 heteroatoms. The molecule has 1 aliphatic heterocycles. The Hall–Kier alpha value is -2.14. The minimum absolute atomic E-state index is 0.0655. The first-order valence-corrected chi connectivity index (χ1v) is 6.76. The number of ether oxygens (including phenoxy) is 1. The van der Waals surface area contributed by atoms with E-state index >= 15 is 0 Å². The number of hydrogen-bond donors (Lipinski definition) is 2. The number of aromatic amines is 1. The van der Waals surface area contributed by atoms with Gasteiger partial charge in [0.25, 0.3) is 5.91 Å². The second-order valence-corrected chi connectivity index (χ2v) is 5.09. The fraction of sp³-hybridized carbons (Fsp3) is 0.333. The monoisotopic (exact) mass is 271 g/mol. The predicted molar refractivity (Wildman–Crippen MR) is 76.2 cm³/mol. The van der Waals surface area contributed by atoms with Crippen LogP contribution in [0.1, 0.15) is 13.3 Å². The minimum atomic E-state index is -0.331. The van der Waals surface area contributed by atoms with Crippen LogP contribution in [0.2, 0.25) is 0 Å². The number of carbonyl (C=O) groups excluding carboxylic acids is 1. The predicted octanol–water partition coefficient (Wildman–Crippen LogP) is 2.44. The van der Waals surface area contributed by atoms with Gasteiger partial charge in [0.15, 0.2) is 0 Å². The quantitative estimate of drug-likeness (QED) is 0.901. The molecule has 20 heavy (non-hydrogen) atoms. The van der Waals surface area contributed by atoms with Crippen molar-refractivity contribution < 1.29 is 9.53 Å². The molecule has 0 spiro atoms. The molecule has 2 aromatic rings. The number of anilines is 1. The second-order valence-electron chi connectivity index (χ2n) is 5.09. The molecule has 1 saturated heterocycles. The zero-order valence-electron chi connectivity index (χ0n) is 11.3. The van der Waals surface area contributed by atoms with Gasteiger partial charge in [0.2, 0.25) is 0 Å². The summed E-state index contributed by atoms with van der Waals surface area (Å²) < 4.78 is 5.46. The number of hydrogen-bond acceptors (Lipinski definition) is 3. The van der Waals surface area contributed by atoms with E-state index in [9.17, 15) is 4.79 Å². The number of amides is 1. The molecule has 2 unspecified atom stereocenters. The maximum absolute atomic E-state index is 12.1. The van der Waals surface area contributed by atoms with Crippen molar-refractivity contribution in [2.45, 2.75) is 19.4 Å². The summed E-state index contributed by atoms with van der Waals surface area (Å²) in [7, 11) is 0. The average molecular weight is 271 g/mol. The van der Waals surface area contributed by atoms with Crippen molar-refractivity contribution in [1.82, 2.24) is 10.2 Å². The van der Waals surface area contributed by atoms with Gasteiger partial charge < -0.3 is 10.1 Å². The summed E-state index contributed by atoms with van der Waals surface area (Å²) in [4.78, 5) is 12.1. The van der Waals surface area contributed by atoms with Crippen LogP contribution in [-0.2, 0) is 9.53 Å². The Morgan fingerprint density at radius 1 is 1.35 bits per heavy atom. The summed E-state index contributed by atoms with van der Waals surface area (Å²) >= 11 is 0.